The van der Waals surface area contributed by atoms with Crippen LogP contribution in [0.1, 0.15) is 36.8 Å². The number of unbranched alkanes of at least 4 members (excludes halogenated alkanes) is 2. The molecule has 0 amide bonds. The van der Waals surface area contributed by atoms with Gasteiger partial charge in [0.25, 0.3) is 20.2 Å². The van der Waals surface area contributed by atoms with E-state index in [-0.39, 0.29) is 10.6 Å². The molecule has 0 aliphatic carbocycles. The van der Waals surface area contributed by atoms with Gasteiger partial charge in [-0.3, -0.25) is 9.11 Å². The Hall–Kier alpha value is -1.22. The molecule has 0 fully saturated rings. The van der Waals surface area contributed by atoms with E-state index in [9.17, 15) is 16.8 Å². The summed E-state index contributed by atoms with van der Waals surface area (Å²) < 4.78 is 61.4. The normalized spacial score (nSPS) is 12.3. The van der Waals surface area contributed by atoms with Gasteiger partial charge in [-0.1, -0.05) is 25.1 Å². The van der Waals surface area contributed by atoms with Crippen LogP contribution < -0.4 is 0 Å². The second-order valence-electron chi connectivity index (χ2n) is 5.16. The van der Waals surface area contributed by atoms with Gasteiger partial charge in [-0.15, -0.1) is 0 Å². The van der Waals surface area contributed by atoms with Crippen molar-refractivity contribution in [1.29, 1.82) is 0 Å². The number of benzene rings is 1. The highest BCUT2D eigenvalue weighted by atomic mass is 32.2. The zero-order chi connectivity index (χ0) is 17.0. The van der Waals surface area contributed by atoms with E-state index in [1.165, 1.54) is 6.07 Å². The van der Waals surface area contributed by atoms with Gasteiger partial charge in [-0.25, -0.2) is 0 Å². The van der Waals surface area contributed by atoms with Gasteiger partial charge in [0.2, 0.25) is 0 Å². The first-order valence-corrected chi connectivity index (χ1v) is 9.77. The Morgan fingerprint density at radius 3 is 2.27 bits per heavy atom. The predicted octanol–water partition coefficient (Wildman–Crippen LogP) is 2.70. The molecule has 1 aromatic rings. The molecular weight excluding hydrogens is 328 g/mol. The van der Waals surface area contributed by atoms with Crippen molar-refractivity contribution in [2.75, 3.05) is 5.75 Å². The van der Waals surface area contributed by atoms with Crippen molar-refractivity contribution in [1.82, 2.24) is 0 Å². The van der Waals surface area contributed by atoms with E-state index in [0.717, 1.165) is 0 Å². The van der Waals surface area contributed by atoms with Crippen molar-refractivity contribution >= 4 is 25.8 Å². The van der Waals surface area contributed by atoms with Gasteiger partial charge in [-0.2, -0.15) is 16.8 Å². The highest BCUT2D eigenvalue weighted by Gasteiger charge is 2.14. The van der Waals surface area contributed by atoms with Gasteiger partial charge in [0.1, 0.15) is 0 Å². The third-order valence-electron chi connectivity index (χ3n) is 3.26. The Morgan fingerprint density at radius 1 is 1.09 bits per heavy atom. The summed E-state index contributed by atoms with van der Waals surface area (Å²) in [5, 5.41) is 0. The SMILES string of the molecule is C=C(CCCCCS(=O)(=O)O)c1ccc(C)c(S(=O)(=O)O)c1. The maximum Gasteiger partial charge on any atom is 0.294 e. The van der Waals surface area contributed by atoms with Crippen LogP contribution in [0.2, 0.25) is 0 Å². The molecule has 0 spiro atoms. The number of aryl methyl sites for hydroxylation is 1. The molecule has 124 valence electrons. The molecule has 0 aliphatic rings. The number of hydrogen-bond donors (Lipinski definition) is 2. The first-order chi connectivity index (χ1) is 10.0. The second kappa shape index (κ2) is 7.36. The summed E-state index contributed by atoms with van der Waals surface area (Å²) >= 11 is 0. The van der Waals surface area contributed by atoms with Crippen LogP contribution in [-0.2, 0) is 20.2 Å². The van der Waals surface area contributed by atoms with Crippen LogP contribution in [0.25, 0.3) is 5.57 Å². The largest absolute Gasteiger partial charge is 0.294 e. The minimum absolute atomic E-state index is 0.141. The maximum absolute atomic E-state index is 11.3. The lowest BCUT2D eigenvalue weighted by molar-refractivity contribution is 0.478. The molecule has 8 heteroatoms. The molecule has 0 radical (unpaired) electrons. The molecule has 2 N–H and O–H groups in total. The fraction of sp³-hybridized carbons (Fsp3) is 0.429. The smallest absolute Gasteiger partial charge is 0.286 e. The summed E-state index contributed by atoms with van der Waals surface area (Å²) in [4.78, 5) is -0.141. The van der Waals surface area contributed by atoms with Crippen LogP contribution in [0.5, 0.6) is 0 Å². The van der Waals surface area contributed by atoms with Crippen molar-refractivity contribution in [3.63, 3.8) is 0 Å². The molecule has 6 nitrogen and oxygen atoms in total. The molecule has 22 heavy (non-hydrogen) atoms. The third kappa shape index (κ3) is 6.27. The van der Waals surface area contributed by atoms with E-state index >= 15 is 0 Å². The first-order valence-electron chi connectivity index (χ1n) is 6.72. The average molecular weight is 348 g/mol. The Kier molecular flexibility index (Phi) is 6.30. The van der Waals surface area contributed by atoms with Crippen LogP contribution in [0.4, 0.5) is 0 Å². The molecule has 0 saturated heterocycles. The van der Waals surface area contributed by atoms with Crippen molar-refractivity contribution in [3.05, 3.63) is 35.9 Å². The van der Waals surface area contributed by atoms with Crippen LogP contribution in [0, 0.1) is 6.92 Å². The zero-order valence-corrected chi connectivity index (χ0v) is 14.0. The van der Waals surface area contributed by atoms with Crippen molar-refractivity contribution < 1.29 is 25.9 Å². The fourth-order valence-corrected chi connectivity index (χ4v) is 3.36. The quantitative estimate of drug-likeness (QED) is 0.552. The Bertz CT molecular complexity index is 748. The summed E-state index contributed by atoms with van der Waals surface area (Å²) in [6.45, 7) is 5.47. The van der Waals surface area contributed by atoms with Gasteiger partial charge in [0.05, 0.1) is 10.6 Å². The summed E-state index contributed by atoms with van der Waals surface area (Å²) in [5.41, 5.74) is 1.77. The third-order valence-corrected chi connectivity index (χ3v) is 5.06. The highest BCUT2D eigenvalue weighted by molar-refractivity contribution is 7.86. The number of hydrogen-bond acceptors (Lipinski definition) is 4. The van der Waals surface area contributed by atoms with E-state index in [1.807, 2.05) is 0 Å². The topological polar surface area (TPSA) is 109 Å². The summed E-state index contributed by atoms with van der Waals surface area (Å²) in [6, 6.07) is 4.71. The second-order valence-corrected chi connectivity index (χ2v) is 8.12. The number of rotatable bonds is 8. The Labute approximate surface area is 131 Å². The van der Waals surface area contributed by atoms with Crippen LogP contribution in [-0.4, -0.2) is 31.7 Å². The molecule has 0 aromatic heterocycles. The van der Waals surface area contributed by atoms with Gasteiger partial charge >= 0.3 is 0 Å². The Morgan fingerprint density at radius 2 is 1.73 bits per heavy atom. The average Bonchev–Trinajstić information content (AvgIpc) is 2.35. The fourth-order valence-electron chi connectivity index (χ4n) is 2.04. The molecule has 1 rings (SSSR count). The summed E-state index contributed by atoms with van der Waals surface area (Å²) in [5.74, 6) is -0.267. The van der Waals surface area contributed by atoms with Crippen LogP contribution in [0.15, 0.2) is 29.7 Å². The lowest BCUT2D eigenvalue weighted by Crippen LogP contribution is -2.03. The highest BCUT2D eigenvalue weighted by Crippen LogP contribution is 2.24. The van der Waals surface area contributed by atoms with Crippen LogP contribution >= 0.6 is 0 Å². The predicted molar refractivity (Wildman–Crippen MR) is 84.9 cm³/mol. The molecular formula is C14H20O6S2. The van der Waals surface area contributed by atoms with E-state index < -0.39 is 20.2 Å². The zero-order valence-electron chi connectivity index (χ0n) is 12.3. The van der Waals surface area contributed by atoms with E-state index in [2.05, 4.69) is 6.58 Å². The van der Waals surface area contributed by atoms with Crippen LogP contribution in [0.3, 0.4) is 0 Å². The standard InChI is InChI=1S/C14H20O6S2/c1-11(6-4-3-5-9-21(15,16)17)13-8-7-12(2)14(10-13)22(18,19)20/h7-8,10H,1,3-6,9H2,2H3,(H,15,16,17)(H,18,19,20). The van der Waals surface area contributed by atoms with E-state index in [0.29, 0.717) is 42.4 Å². The summed E-state index contributed by atoms with van der Waals surface area (Å²) in [7, 11) is -8.19. The minimum atomic E-state index is -4.27. The molecule has 0 aliphatic heterocycles. The lowest BCUT2D eigenvalue weighted by atomic mass is 10.0. The van der Waals surface area contributed by atoms with Gasteiger partial charge < -0.3 is 0 Å². The maximum atomic E-state index is 11.3. The number of allylic oxidation sites excluding steroid dienone is 1. The van der Waals surface area contributed by atoms with Gasteiger partial charge in [0, 0.05) is 0 Å². The monoisotopic (exact) mass is 348 g/mol. The first kappa shape index (κ1) is 18.8. The van der Waals surface area contributed by atoms with E-state index in [1.54, 1.807) is 19.1 Å². The lowest BCUT2D eigenvalue weighted by Gasteiger charge is -2.09. The molecule has 0 heterocycles. The van der Waals surface area contributed by atoms with E-state index in [4.69, 9.17) is 9.11 Å². The summed E-state index contributed by atoms with van der Waals surface area (Å²) in [6.07, 6.45) is 2.20. The van der Waals surface area contributed by atoms with Crippen molar-refractivity contribution in [3.8, 4) is 0 Å². The minimum Gasteiger partial charge on any atom is -0.286 e. The molecule has 0 bridgehead atoms. The van der Waals surface area contributed by atoms with Crippen molar-refractivity contribution in [2.24, 2.45) is 0 Å². The van der Waals surface area contributed by atoms with Gasteiger partial charge in [-0.05, 0) is 49.0 Å². The van der Waals surface area contributed by atoms with Crippen molar-refractivity contribution in [2.45, 2.75) is 37.5 Å². The molecule has 0 unspecified atom stereocenters. The van der Waals surface area contributed by atoms with Gasteiger partial charge in [0.15, 0.2) is 0 Å². The molecule has 1 aromatic carbocycles. The molecule has 0 saturated carbocycles. The molecule has 0 atom stereocenters. The Balaban J connectivity index is 2.64.